The summed E-state index contributed by atoms with van der Waals surface area (Å²) >= 11 is 0. The van der Waals surface area contributed by atoms with E-state index in [1.807, 2.05) is 6.92 Å². The summed E-state index contributed by atoms with van der Waals surface area (Å²) in [7, 11) is 1.53. The summed E-state index contributed by atoms with van der Waals surface area (Å²) in [5.41, 5.74) is 0.970. The molecule has 0 unspecified atom stereocenters. The maximum atomic E-state index is 9.65. The van der Waals surface area contributed by atoms with Crippen LogP contribution in [0.25, 0.3) is 0 Å². The summed E-state index contributed by atoms with van der Waals surface area (Å²) in [5, 5.41) is 9.65. The van der Waals surface area contributed by atoms with E-state index in [1.165, 1.54) is 7.11 Å². The summed E-state index contributed by atoms with van der Waals surface area (Å²) < 4.78 is 10.6. The van der Waals surface area contributed by atoms with Gasteiger partial charge in [-0.25, -0.2) is 0 Å². The fraction of sp³-hybridized carbons (Fsp3) is 0.385. The summed E-state index contributed by atoms with van der Waals surface area (Å²) in [6.45, 7) is 6.37. The van der Waals surface area contributed by atoms with Gasteiger partial charge in [0.25, 0.3) is 0 Å². The molecule has 0 spiro atoms. The number of hydrogen-bond donors (Lipinski definition) is 1. The van der Waals surface area contributed by atoms with Crippen molar-refractivity contribution in [3.63, 3.8) is 0 Å². The highest BCUT2D eigenvalue weighted by atomic mass is 16.5. The van der Waals surface area contributed by atoms with Crippen molar-refractivity contribution in [2.45, 2.75) is 19.8 Å². The zero-order chi connectivity index (χ0) is 12.0. The molecule has 0 atom stereocenters. The van der Waals surface area contributed by atoms with E-state index >= 15 is 0 Å². The average molecular weight is 222 g/mol. The minimum absolute atomic E-state index is 0.0985. The van der Waals surface area contributed by atoms with Gasteiger partial charge in [-0.1, -0.05) is 13.0 Å². The van der Waals surface area contributed by atoms with E-state index in [2.05, 4.69) is 6.58 Å². The SMILES string of the molecule is C=CCc1cc(OC)c(O)cc1OCCC. The molecule has 0 aliphatic rings. The third kappa shape index (κ3) is 2.92. The first-order valence-electron chi connectivity index (χ1n) is 5.36. The molecule has 0 aromatic heterocycles. The quantitative estimate of drug-likeness (QED) is 0.752. The Morgan fingerprint density at radius 1 is 1.38 bits per heavy atom. The zero-order valence-corrected chi connectivity index (χ0v) is 9.82. The summed E-state index contributed by atoms with van der Waals surface area (Å²) in [5.74, 6) is 1.25. The lowest BCUT2D eigenvalue weighted by Crippen LogP contribution is -1.99. The number of aromatic hydroxyl groups is 1. The summed E-state index contributed by atoms with van der Waals surface area (Å²) in [6, 6.07) is 3.37. The molecule has 1 N–H and O–H groups in total. The number of ether oxygens (including phenoxy) is 2. The predicted molar refractivity (Wildman–Crippen MR) is 64.3 cm³/mol. The molecule has 3 nitrogen and oxygen atoms in total. The first kappa shape index (κ1) is 12.4. The Morgan fingerprint density at radius 2 is 2.12 bits per heavy atom. The van der Waals surface area contributed by atoms with Crippen molar-refractivity contribution in [3.05, 3.63) is 30.4 Å². The highest BCUT2D eigenvalue weighted by Gasteiger charge is 2.09. The Balaban J connectivity index is 3.03. The zero-order valence-electron chi connectivity index (χ0n) is 9.82. The number of phenolic OH excluding ortho intramolecular Hbond substituents is 1. The van der Waals surface area contributed by atoms with Gasteiger partial charge in [-0.3, -0.25) is 0 Å². The molecule has 1 aromatic rings. The lowest BCUT2D eigenvalue weighted by molar-refractivity contribution is 0.309. The molecule has 0 saturated heterocycles. The molecular formula is C13H18O3. The van der Waals surface area contributed by atoms with E-state index in [1.54, 1.807) is 18.2 Å². The Morgan fingerprint density at radius 3 is 2.69 bits per heavy atom. The molecule has 0 radical (unpaired) electrons. The van der Waals surface area contributed by atoms with Crippen molar-refractivity contribution in [2.24, 2.45) is 0 Å². The molecule has 3 heteroatoms. The first-order valence-corrected chi connectivity index (χ1v) is 5.36. The van der Waals surface area contributed by atoms with Gasteiger partial charge in [-0.2, -0.15) is 0 Å². The van der Waals surface area contributed by atoms with Gasteiger partial charge in [0.2, 0.25) is 0 Å². The topological polar surface area (TPSA) is 38.7 Å². The van der Waals surface area contributed by atoms with E-state index in [4.69, 9.17) is 9.47 Å². The fourth-order valence-corrected chi connectivity index (χ4v) is 1.42. The van der Waals surface area contributed by atoms with Gasteiger partial charge in [0.15, 0.2) is 11.5 Å². The van der Waals surface area contributed by atoms with Gasteiger partial charge < -0.3 is 14.6 Å². The third-order valence-corrected chi connectivity index (χ3v) is 2.19. The van der Waals surface area contributed by atoms with Crippen LogP contribution in [-0.4, -0.2) is 18.8 Å². The number of phenols is 1. The molecule has 0 bridgehead atoms. The molecule has 88 valence electrons. The Kier molecular flexibility index (Phi) is 4.70. The van der Waals surface area contributed by atoms with Crippen LogP contribution < -0.4 is 9.47 Å². The second-order valence-electron chi connectivity index (χ2n) is 3.47. The third-order valence-electron chi connectivity index (χ3n) is 2.19. The lowest BCUT2D eigenvalue weighted by atomic mass is 10.1. The van der Waals surface area contributed by atoms with E-state index in [-0.39, 0.29) is 5.75 Å². The van der Waals surface area contributed by atoms with E-state index in [0.717, 1.165) is 12.0 Å². The van der Waals surface area contributed by atoms with Crippen LogP contribution in [0, 0.1) is 0 Å². The smallest absolute Gasteiger partial charge is 0.161 e. The second kappa shape index (κ2) is 6.05. The number of benzene rings is 1. The lowest BCUT2D eigenvalue weighted by Gasteiger charge is -2.12. The average Bonchev–Trinajstić information content (AvgIpc) is 2.29. The fourth-order valence-electron chi connectivity index (χ4n) is 1.42. The van der Waals surface area contributed by atoms with Gasteiger partial charge in [-0.05, 0) is 18.9 Å². The van der Waals surface area contributed by atoms with Crippen LogP contribution in [0.2, 0.25) is 0 Å². The number of rotatable bonds is 6. The van der Waals surface area contributed by atoms with Crippen molar-refractivity contribution in [3.8, 4) is 17.2 Å². The first-order chi connectivity index (χ1) is 7.72. The number of allylic oxidation sites excluding steroid dienone is 1. The van der Waals surface area contributed by atoms with E-state index in [0.29, 0.717) is 24.5 Å². The van der Waals surface area contributed by atoms with Gasteiger partial charge in [-0.15, -0.1) is 6.58 Å². The van der Waals surface area contributed by atoms with Crippen molar-refractivity contribution in [2.75, 3.05) is 13.7 Å². The highest BCUT2D eigenvalue weighted by molar-refractivity contribution is 5.50. The Bertz CT molecular complexity index is 358. The van der Waals surface area contributed by atoms with E-state index < -0.39 is 0 Å². The summed E-state index contributed by atoms with van der Waals surface area (Å²) in [4.78, 5) is 0. The van der Waals surface area contributed by atoms with Crippen molar-refractivity contribution >= 4 is 0 Å². The Labute approximate surface area is 96.3 Å². The van der Waals surface area contributed by atoms with Crippen LogP contribution >= 0.6 is 0 Å². The standard InChI is InChI=1S/C13H18O3/c1-4-6-10-8-13(15-3)11(14)9-12(10)16-7-5-2/h4,8-9,14H,1,5-7H2,2-3H3. The molecule has 0 heterocycles. The van der Waals surface area contributed by atoms with Crippen molar-refractivity contribution in [1.82, 2.24) is 0 Å². The van der Waals surface area contributed by atoms with Crippen LogP contribution in [0.3, 0.4) is 0 Å². The van der Waals surface area contributed by atoms with Crippen molar-refractivity contribution < 1.29 is 14.6 Å². The predicted octanol–water partition coefficient (Wildman–Crippen LogP) is 2.92. The maximum absolute atomic E-state index is 9.65. The molecule has 0 saturated carbocycles. The van der Waals surface area contributed by atoms with Crippen molar-refractivity contribution in [1.29, 1.82) is 0 Å². The molecule has 0 aliphatic heterocycles. The molecule has 16 heavy (non-hydrogen) atoms. The molecule has 0 amide bonds. The summed E-state index contributed by atoms with van der Waals surface area (Å²) in [6.07, 6.45) is 3.42. The highest BCUT2D eigenvalue weighted by Crippen LogP contribution is 2.34. The van der Waals surface area contributed by atoms with Crippen LogP contribution in [-0.2, 0) is 6.42 Å². The molecule has 1 aromatic carbocycles. The molecule has 0 aliphatic carbocycles. The van der Waals surface area contributed by atoms with Crippen LogP contribution in [0.1, 0.15) is 18.9 Å². The van der Waals surface area contributed by atoms with Gasteiger partial charge >= 0.3 is 0 Å². The molecule has 0 fully saturated rings. The Hall–Kier alpha value is -1.64. The number of hydrogen-bond acceptors (Lipinski definition) is 3. The monoisotopic (exact) mass is 222 g/mol. The minimum Gasteiger partial charge on any atom is -0.504 e. The number of methoxy groups -OCH3 is 1. The van der Waals surface area contributed by atoms with Crippen LogP contribution in [0.4, 0.5) is 0 Å². The normalized spacial score (nSPS) is 9.88. The van der Waals surface area contributed by atoms with Crippen LogP contribution in [0.5, 0.6) is 17.2 Å². The minimum atomic E-state index is 0.0985. The van der Waals surface area contributed by atoms with Crippen LogP contribution in [0.15, 0.2) is 24.8 Å². The van der Waals surface area contributed by atoms with E-state index in [9.17, 15) is 5.11 Å². The van der Waals surface area contributed by atoms with Gasteiger partial charge in [0.1, 0.15) is 5.75 Å². The molecular weight excluding hydrogens is 204 g/mol. The maximum Gasteiger partial charge on any atom is 0.161 e. The molecule has 1 rings (SSSR count). The van der Waals surface area contributed by atoms with Gasteiger partial charge in [0.05, 0.1) is 13.7 Å². The largest absolute Gasteiger partial charge is 0.504 e. The second-order valence-corrected chi connectivity index (χ2v) is 3.47. The van der Waals surface area contributed by atoms with Gasteiger partial charge in [0, 0.05) is 11.6 Å².